The van der Waals surface area contributed by atoms with Crippen LogP contribution in [0.1, 0.15) is 48.5 Å². The third kappa shape index (κ3) is 4.23. The third-order valence-electron chi connectivity index (χ3n) is 4.01. The van der Waals surface area contributed by atoms with Crippen molar-refractivity contribution in [1.29, 1.82) is 0 Å². The van der Waals surface area contributed by atoms with Gasteiger partial charge in [-0.05, 0) is 44.0 Å². The Bertz CT molecular complexity index is 815. The number of hydrogen-bond acceptors (Lipinski definition) is 3. The molecule has 0 fully saturated rings. The lowest BCUT2D eigenvalue weighted by atomic mass is 10.2. The van der Waals surface area contributed by atoms with Gasteiger partial charge in [0.1, 0.15) is 5.75 Å². The van der Waals surface area contributed by atoms with Crippen molar-refractivity contribution in [3.63, 3.8) is 0 Å². The monoisotopic (exact) mass is 356 g/mol. The van der Waals surface area contributed by atoms with E-state index in [0.717, 1.165) is 39.3 Å². The molecule has 3 aromatic rings. The highest BCUT2D eigenvalue weighted by molar-refractivity contribution is 7.20. The van der Waals surface area contributed by atoms with Crippen molar-refractivity contribution in [2.45, 2.75) is 39.8 Å². The smallest absolute Gasteiger partial charge is 0.261 e. The number of nitrogens with zero attached hydrogens (tertiary/aromatic N) is 1. The minimum atomic E-state index is -0.0244. The summed E-state index contributed by atoms with van der Waals surface area (Å²) in [4.78, 5) is 13.1. The maximum absolute atomic E-state index is 12.4. The van der Waals surface area contributed by atoms with Gasteiger partial charge in [-0.2, -0.15) is 0 Å². The number of thiophene rings is 1. The molecule has 2 heterocycles. The molecule has 0 aliphatic rings. The molecule has 0 atom stereocenters. The Balaban J connectivity index is 1.59. The molecule has 0 radical (unpaired) electrons. The van der Waals surface area contributed by atoms with Crippen LogP contribution in [0.4, 0.5) is 0 Å². The molecule has 0 aliphatic heterocycles. The van der Waals surface area contributed by atoms with Crippen molar-refractivity contribution in [3.8, 4) is 5.75 Å². The number of fused-ring (bicyclic) bond motifs is 1. The van der Waals surface area contributed by atoms with Gasteiger partial charge in [0.05, 0.1) is 16.2 Å². The zero-order valence-electron chi connectivity index (χ0n) is 14.9. The van der Waals surface area contributed by atoms with Crippen molar-refractivity contribution in [2.75, 3.05) is 6.61 Å². The quantitative estimate of drug-likeness (QED) is 0.647. The first-order valence-corrected chi connectivity index (χ1v) is 9.49. The van der Waals surface area contributed by atoms with E-state index in [4.69, 9.17) is 4.74 Å². The molecule has 4 nitrogen and oxygen atoms in total. The van der Waals surface area contributed by atoms with Crippen LogP contribution in [0.25, 0.3) is 10.1 Å². The molecule has 132 valence electrons. The highest BCUT2D eigenvalue weighted by atomic mass is 32.1. The molecule has 1 N–H and O–H groups in total. The van der Waals surface area contributed by atoms with Crippen LogP contribution in [0.15, 0.2) is 42.7 Å². The first-order valence-electron chi connectivity index (χ1n) is 8.67. The molecule has 0 spiro atoms. The molecule has 5 heteroatoms. The van der Waals surface area contributed by atoms with Gasteiger partial charge in [0.25, 0.3) is 5.91 Å². The Morgan fingerprint density at radius 3 is 2.64 bits per heavy atom. The minimum Gasteiger partial charge on any atom is -0.494 e. The minimum absolute atomic E-state index is 0.0244. The number of carbonyl (C=O) groups is 1. The summed E-state index contributed by atoms with van der Waals surface area (Å²) in [6, 6.07) is 10.3. The molecule has 0 saturated carbocycles. The Hall–Kier alpha value is -2.27. The normalized spacial score (nSPS) is 11.2. The zero-order valence-corrected chi connectivity index (χ0v) is 15.7. The average molecular weight is 356 g/mol. The summed E-state index contributed by atoms with van der Waals surface area (Å²) in [5.74, 6) is 0.844. The largest absolute Gasteiger partial charge is 0.494 e. The van der Waals surface area contributed by atoms with Crippen molar-refractivity contribution < 1.29 is 9.53 Å². The number of nitrogens with one attached hydrogen (secondary N) is 1. The molecule has 0 unspecified atom stereocenters. The standard InChI is InChI=1S/C20H24N2O2S/c1-4-9-24-17-7-5-15(6-8-17)11-21-20(23)18-10-16-12-22(14(2)3)13-19(16)25-18/h5-8,10,12-14H,4,9,11H2,1-3H3,(H,21,23). The first kappa shape index (κ1) is 17.5. The Labute approximate surface area is 152 Å². The zero-order chi connectivity index (χ0) is 17.8. The van der Waals surface area contributed by atoms with Crippen LogP contribution in [0.5, 0.6) is 5.75 Å². The van der Waals surface area contributed by atoms with E-state index in [-0.39, 0.29) is 5.91 Å². The summed E-state index contributed by atoms with van der Waals surface area (Å²) in [6.45, 7) is 7.62. The lowest BCUT2D eigenvalue weighted by Crippen LogP contribution is -2.21. The van der Waals surface area contributed by atoms with Crippen molar-refractivity contribution in [3.05, 3.63) is 53.2 Å². The van der Waals surface area contributed by atoms with Gasteiger partial charge in [0, 0.05) is 30.4 Å². The van der Waals surface area contributed by atoms with E-state index in [1.54, 1.807) is 0 Å². The second-order valence-electron chi connectivity index (χ2n) is 6.40. The second kappa shape index (κ2) is 7.74. The molecule has 25 heavy (non-hydrogen) atoms. The third-order valence-corrected chi connectivity index (χ3v) is 5.10. The van der Waals surface area contributed by atoms with E-state index in [9.17, 15) is 4.79 Å². The molecule has 0 aliphatic carbocycles. The van der Waals surface area contributed by atoms with E-state index in [1.165, 1.54) is 11.3 Å². The van der Waals surface area contributed by atoms with Crippen molar-refractivity contribution in [2.24, 2.45) is 0 Å². The number of rotatable bonds is 7. The van der Waals surface area contributed by atoms with Gasteiger partial charge in [0.2, 0.25) is 0 Å². The average Bonchev–Trinajstić information content (AvgIpc) is 3.18. The number of hydrogen-bond donors (Lipinski definition) is 1. The summed E-state index contributed by atoms with van der Waals surface area (Å²) < 4.78 is 8.89. The van der Waals surface area contributed by atoms with Gasteiger partial charge in [0.15, 0.2) is 0 Å². The van der Waals surface area contributed by atoms with E-state index in [1.807, 2.05) is 30.3 Å². The predicted octanol–water partition coefficient (Wildman–Crippen LogP) is 5.00. The lowest BCUT2D eigenvalue weighted by molar-refractivity contribution is 0.0955. The molecular formula is C20H24N2O2S. The SMILES string of the molecule is CCCOc1ccc(CNC(=O)c2cc3cn(C(C)C)cc3s2)cc1. The maximum Gasteiger partial charge on any atom is 0.261 e. The van der Waals surface area contributed by atoms with Gasteiger partial charge in [-0.3, -0.25) is 4.79 Å². The summed E-state index contributed by atoms with van der Waals surface area (Å²) in [5.41, 5.74) is 1.06. The van der Waals surface area contributed by atoms with Crippen LogP contribution >= 0.6 is 11.3 Å². The lowest BCUT2D eigenvalue weighted by Gasteiger charge is -2.07. The number of benzene rings is 1. The summed E-state index contributed by atoms with van der Waals surface area (Å²) in [7, 11) is 0. The molecule has 1 aromatic carbocycles. The van der Waals surface area contributed by atoms with Gasteiger partial charge >= 0.3 is 0 Å². The topological polar surface area (TPSA) is 43.3 Å². The fraction of sp³-hybridized carbons (Fsp3) is 0.350. The molecule has 0 saturated heterocycles. The Kier molecular flexibility index (Phi) is 5.43. The summed E-state index contributed by atoms with van der Waals surface area (Å²) in [5, 5.41) is 4.12. The number of aromatic nitrogens is 1. The van der Waals surface area contributed by atoms with Crippen LogP contribution in [0.3, 0.4) is 0 Å². The van der Waals surface area contributed by atoms with Crippen molar-refractivity contribution >= 4 is 27.3 Å². The first-order chi connectivity index (χ1) is 12.1. The second-order valence-corrected chi connectivity index (χ2v) is 7.49. The van der Waals surface area contributed by atoms with Crippen LogP contribution in [-0.2, 0) is 6.54 Å². The molecular weight excluding hydrogens is 332 g/mol. The molecule has 1 amide bonds. The Morgan fingerprint density at radius 1 is 1.24 bits per heavy atom. The summed E-state index contributed by atoms with van der Waals surface area (Å²) >= 11 is 1.54. The van der Waals surface area contributed by atoms with Gasteiger partial charge in [-0.25, -0.2) is 0 Å². The fourth-order valence-corrected chi connectivity index (χ4v) is 3.55. The van der Waals surface area contributed by atoms with Gasteiger partial charge < -0.3 is 14.6 Å². The number of ether oxygens (including phenoxy) is 1. The maximum atomic E-state index is 12.4. The number of amides is 1. The molecule has 2 aromatic heterocycles. The van der Waals surface area contributed by atoms with E-state index in [0.29, 0.717) is 12.6 Å². The molecule has 0 bridgehead atoms. The van der Waals surface area contributed by atoms with Crippen LogP contribution in [0, 0.1) is 0 Å². The van der Waals surface area contributed by atoms with E-state index < -0.39 is 0 Å². The van der Waals surface area contributed by atoms with E-state index in [2.05, 4.69) is 43.0 Å². The summed E-state index contributed by atoms with van der Waals surface area (Å²) in [6.07, 6.45) is 5.20. The molecule has 3 rings (SSSR count). The van der Waals surface area contributed by atoms with Gasteiger partial charge in [-0.1, -0.05) is 19.1 Å². The van der Waals surface area contributed by atoms with Crippen LogP contribution in [0.2, 0.25) is 0 Å². The van der Waals surface area contributed by atoms with Crippen LogP contribution in [-0.4, -0.2) is 17.1 Å². The van der Waals surface area contributed by atoms with E-state index >= 15 is 0 Å². The number of carbonyl (C=O) groups excluding carboxylic acids is 1. The highest BCUT2D eigenvalue weighted by Gasteiger charge is 2.12. The predicted molar refractivity (Wildman–Crippen MR) is 104 cm³/mol. The van der Waals surface area contributed by atoms with Crippen molar-refractivity contribution in [1.82, 2.24) is 9.88 Å². The fourth-order valence-electron chi connectivity index (χ4n) is 2.56. The highest BCUT2D eigenvalue weighted by Crippen LogP contribution is 2.28. The van der Waals surface area contributed by atoms with Gasteiger partial charge in [-0.15, -0.1) is 11.3 Å². The Morgan fingerprint density at radius 2 is 2.00 bits per heavy atom. The van der Waals surface area contributed by atoms with Crippen LogP contribution < -0.4 is 10.1 Å².